The van der Waals surface area contributed by atoms with Crippen LogP contribution in [0.2, 0.25) is 0 Å². The fraction of sp³-hybridized carbons (Fsp3) is 0.125. The van der Waals surface area contributed by atoms with E-state index in [1.165, 1.54) is 24.3 Å². The highest BCUT2D eigenvalue weighted by atomic mass is 32.2. The average Bonchev–Trinajstić information content (AvgIpc) is 3.02. The summed E-state index contributed by atoms with van der Waals surface area (Å²) in [5.74, 6) is -2.06. The molecule has 0 unspecified atom stereocenters. The summed E-state index contributed by atoms with van der Waals surface area (Å²) in [7, 11) is -8.06. The summed E-state index contributed by atoms with van der Waals surface area (Å²) in [6, 6.07) is 28.6. The van der Waals surface area contributed by atoms with Crippen molar-refractivity contribution in [3.63, 3.8) is 0 Å². The van der Waals surface area contributed by atoms with Gasteiger partial charge in [-0.15, -0.1) is 0 Å². The third-order valence-corrected chi connectivity index (χ3v) is 9.84. The molecule has 0 saturated heterocycles. The van der Waals surface area contributed by atoms with E-state index < -0.39 is 42.8 Å². The van der Waals surface area contributed by atoms with E-state index in [0.29, 0.717) is 10.1 Å². The zero-order chi connectivity index (χ0) is 31.5. The molecule has 0 saturated carbocycles. The Labute approximate surface area is 254 Å². The molecule has 0 amide bonds. The molecule has 0 radical (unpaired) electrons. The number of sulfone groups is 2. The van der Waals surface area contributed by atoms with Gasteiger partial charge < -0.3 is 0 Å². The average molecular weight is 629 g/mol. The lowest BCUT2D eigenvalue weighted by Crippen LogP contribution is -2.47. The first kappa shape index (κ1) is 30.5. The van der Waals surface area contributed by atoms with Crippen LogP contribution < -0.4 is 11.4 Å². The van der Waals surface area contributed by atoms with Crippen molar-refractivity contribution >= 4 is 25.5 Å². The predicted octanol–water partition coefficient (Wildman–Crippen LogP) is 3.85. The van der Waals surface area contributed by atoms with Gasteiger partial charge in [-0.05, 0) is 38.1 Å². The number of aromatic nitrogens is 3. The highest BCUT2D eigenvalue weighted by Gasteiger charge is 2.25. The second kappa shape index (κ2) is 12.3. The van der Waals surface area contributed by atoms with E-state index in [-0.39, 0.29) is 27.0 Å². The van der Waals surface area contributed by atoms with Gasteiger partial charge in [0.15, 0.2) is 25.5 Å². The van der Waals surface area contributed by atoms with E-state index in [1.54, 1.807) is 84.9 Å². The van der Waals surface area contributed by atoms with Gasteiger partial charge in [0.05, 0.1) is 9.79 Å². The number of nitrogens with zero attached hydrogens (tertiary/aromatic N) is 4. The number of hydrogen-bond acceptors (Lipinski definition) is 8. The van der Waals surface area contributed by atoms with E-state index >= 15 is 0 Å². The maximum atomic E-state index is 14.2. The molecule has 1 heterocycles. The Morgan fingerprint density at radius 3 is 1.73 bits per heavy atom. The van der Waals surface area contributed by atoms with Crippen LogP contribution >= 0.6 is 0 Å². The van der Waals surface area contributed by atoms with Crippen LogP contribution in [0.3, 0.4) is 0 Å². The molecule has 0 fully saturated rings. The molecule has 4 aromatic carbocycles. The van der Waals surface area contributed by atoms with Gasteiger partial charge in [0.1, 0.15) is 17.6 Å². The van der Waals surface area contributed by atoms with E-state index in [4.69, 9.17) is 0 Å². The van der Waals surface area contributed by atoms with Gasteiger partial charge in [-0.2, -0.15) is 9.55 Å². The Bertz CT molecular complexity index is 2170. The fourth-order valence-electron chi connectivity index (χ4n) is 4.43. The van der Waals surface area contributed by atoms with Crippen LogP contribution in [0.1, 0.15) is 16.7 Å². The first-order valence-corrected chi connectivity index (χ1v) is 16.8. The fourth-order valence-corrected chi connectivity index (χ4v) is 6.74. The minimum Gasteiger partial charge on any atom is -0.261 e. The van der Waals surface area contributed by atoms with Crippen molar-refractivity contribution in [2.75, 3.05) is 5.88 Å². The summed E-state index contributed by atoms with van der Waals surface area (Å²) in [6.45, 7) is 3.70. The largest absolute Gasteiger partial charge is 0.359 e. The highest BCUT2D eigenvalue weighted by Crippen LogP contribution is 2.19. The quantitative estimate of drug-likeness (QED) is 0.188. The Hall–Kier alpha value is -4.94. The van der Waals surface area contributed by atoms with E-state index in [0.717, 1.165) is 15.7 Å². The molecule has 12 heteroatoms. The first-order chi connectivity index (χ1) is 21.0. The minimum absolute atomic E-state index is 0.0126. The van der Waals surface area contributed by atoms with Crippen molar-refractivity contribution in [2.24, 2.45) is 4.99 Å². The zero-order valence-electron chi connectivity index (χ0n) is 23.9. The summed E-state index contributed by atoms with van der Waals surface area (Å²) in [5.41, 5.74) is 0.297. The van der Waals surface area contributed by atoms with Gasteiger partial charge >= 0.3 is 11.4 Å². The molecule has 1 aromatic heterocycles. The molecule has 5 aromatic rings. The van der Waals surface area contributed by atoms with Gasteiger partial charge in [0, 0.05) is 11.1 Å². The summed E-state index contributed by atoms with van der Waals surface area (Å²) in [4.78, 5) is 36.3. The zero-order valence-corrected chi connectivity index (χ0v) is 25.5. The van der Waals surface area contributed by atoms with Gasteiger partial charge in [-0.25, -0.2) is 26.4 Å². The van der Waals surface area contributed by atoms with Gasteiger partial charge in [0.25, 0.3) is 0 Å². The number of benzene rings is 4. The van der Waals surface area contributed by atoms with Crippen LogP contribution in [-0.4, -0.2) is 42.7 Å². The molecule has 0 spiro atoms. The van der Waals surface area contributed by atoms with Gasteiger partial charge in [-0.1, -0.05) is 96.1 Å². The lowest BCUT2D eigenvalue weighted by Gasteiger charge is -2.16. The maximum absolute atomic E-state index is 14.2. The SMILES string of the molecule is Cc1ccc(/C(=N\CS(=O)(=O)c2ccccc2)n2c(=O)nc(-c3ccc(C)cc3)n(CS(=O)(=O)c3ccccc3)c2=O)cc1. The Morgan fingerprint density at radius 1 is 0.682 bits per heavy atom. The molecule has 0 atom stereocenters. The molecule has 10 nitrogen and oxygen atoms in total. The van der Waals surface area contributed by atoms with Crippen molar-refractivity contribution in [3.05, 3.63) is 147 Å². The first-order valence-electron chi connectivity index (χ1n) is 13.4. The standard InChI is InChI=1S/C32H28N4O6S2/c1-23-13-17-25(18-14-23)29(33-21-43(39,40)27-9-5-3-6-10-27)36-31(37)34-30(26-19-15-24(2)16-20-26)35(32(36)38)22-44(41,42)28-11-7-4-8-12-28/h3-20H,21-22H2,1-2H3/b33-29+. The lowest BCUT2D eigenvalue weighted by molar-refractivity contribution is 0.576. The van der Waals surface area contributed by atoms with Crippen LogP contribution in [0.25, 0.3) is 11.4 Å². The summed E-state index contributed by atoms with van der Waals surface area (Å²) in [5, 5.41) is 0. The Morgan fingerprint density at radius 2 is 1.18 bits per heavy atom. The van der Waals surface area contributed by atoms with Crippen LogP contribution in [0.15, 0.2) is 134 Å². The second-order valence-corrected chi connectivity index (χ2v) is 14.0. The smallest absolute Gasteiger partial charge is 0.261 e. The van der Waals surface area contributed by atoms with Gasteiger partial charge in [-0.3, -0.25) is 9.56 Å². The summed E-state index contributed by atoms with van der Waals surface area (Å²) < 4.78 is 54.8. The highest BCUT2D eigenvalue weighted by molar-refractivity contribution is 7.91. The molecule has 44 heavy (non-hydrogen) atoms. The topological polar surface area (TPSA) is 138 Å². The molecule has 5 rings (SSSR count). The summed E-state index contributed by atoms with van der Waals surface area (Å²) >= 11 is 0. The van der Waals surface area contributed by atoms with Crippen LogP contribution in [0.5, 0.6) is 0 Å². The molecule has 0 aliphatic heterocycles. The lowest BCUT2D eigenvalue weighted by atomic mass is 10.1. The summed E-state index contributed by atoms with van der Waals surface area (Å²) in [6.07, 6.45) is 0. The number of aryl methyl sites for hydroxylation is 2. The minimum atomic E-state index is -4.10. The Balaban J connectivity index is 1.75. The number of rotatable bonds is 8. The molecule has 0 N–H and O–H groups in total. The molecule has 0 aliphatic carbocycles. The van der Waals surface area contributed by atoms with Crippen molar-refractivity contribution in [3.8, 4) is 11.4 Å². The van der Waals surface area contributed by atoms with Crippen molar-refractivity contribution in [2.45, 2.75) is 29.5 Å². The van der Waals surface area contributed by atoms with E-state index in [9.17, 15) is 26.4 Å². The van der Waals surface area contributed by atoms with Crippen molar-refractivity contribution in [1.29, 1.82) is 0 Å². The molecular weight excluding hydrogens is 601 g/mol. The number of hydrogen-bond donors (Lipinski definition) is 0. The van der Waals surface area contributed by atoms with E-state index in [2.05, 4.69) is 9.98 Å². The predicted molar refractivity (Wildman–Crippen MR) is 168 cm³/mol. The van der Waals surface area contributed by atoms with Crippen LogP contribution in [0, 0.1) is 13.8 Å². The maximum Gasteiger partial charge on any atom is 0.359 e. The molecule has 0 bridgehead atoms. The Kier molecular flexibility index (Phi) is 8.56. The monoisotopic (exact) mass is 628 g/mol. The molecule has 224 valence electrons. The third-order valence-electron chi connectivity index (χ3n) is 6.79. The van der Waals surface area contributed by atoms with E-state index in [1.807, 2.05) is 13.8 Å². The number of aliphatic imine (C=N–C) groups is 1. The van der Waals surface area contributed by atoms with Gasteiger partial charge in [0.2, 0.25) is 0 Å². The van der Waals surface area contributed by atoms with Crippen molar-refractivity contribution < 1.29 is 16.8 Å². The third kappa shape index (κ3) is 6.51. The normalized spacial score (nSPS) is 12.3. The molecular formula is C32H28N4O6S2. The van der Waals surface area contributed by atoms with Crippen molar-refractivity contribution in [1.82, 2.24) is 14.1 Å². The second-order valence-electron chi connectivity index (χ2n) is 10.1. The molecule has 0 aliphatic rings. The van der Waals surface area contributed by atoms with Crippen LogP contribution in [0.4, 0.5) is 0 Å². The van der Waals surface area contributed by atoms with Crippen LogP contribution in [-0.2, 0) is 25.6 Å².